The fraction of sp³-hybridized carbons (Fsp3) is 0. The second-order valence-corrected chi connectivity index (χ2v) is 2.84. The summed E-state index contributed by atoms with van der Waals surface area (Å²) >= 11 is 0. The number of aromatic carboxylic acids is 1. The Balaban J connectivity index is 2.76. The molecule has 5 heteroatoms. The number of aromatic nitrogens is 1. The van der Waals surface area contributed by atoms with Gasteiger partial charge in [0.05, 0.1) is 5.52 Å². The molecule has 0 atom stereocenters. The van der Waals surface area contributed by atoms with E-state index >= 15 is 0 Å². The number of H-pyrrole nitrogens is 1. The zero-order valence-electron chi connectivity index (χ0n) is 6.84. The van der Waals surface area contributed by atoms with Gasteiger partial charge in [-0.2, -0.15) is 0 Å². The normalized spacial score (nSPS) is 10.7. The third kappa shape index (κ3) is 1.22. The Bertz CT molecular complexity index is 519. The van der Waals surface area contributed by atoms with Crippen molar-refractivity contribution in [3.63, 3.8) is 0 Å². The molecule has 0 saturated carbocycles. The van der Waals surface area contributed by atoms with Gasteiger partial charge in [-0.25, -0.2) is 13.6 Å². The highest BCUT2D eigenvalue weighted by molar-refractivity contribution is 5.93. The van der Waals surface area contributed by atoms with Gasteiger partial charge in [-0.05, 0) is 12.1 Å². The Morgan fingerprint density at radius 2 is 2.00 bits per heavy atom. The van der Waals surface area contributed by atoms with Crippen LogP contribution >= 0.6 is 0 Å². The Kier molecular flexibility index (Phi) is 1.73. The van der Waals surface area contributed by atoms with Crippen LogP contribution in [0.25, 0.3) is 10.9 Å². The summed E-state index contributed by atoms with van der Waals surface area (Å²) in [6.45, 7) is 0. The Labute approximate surface area is 77.0 Å². The highest BCUT2D eigenvalue weighted by atomic mass is 19.1. The molecule has 0 spiro atoms. The van der Waals surface area contributed by atoms with Gasteiger partial charge in [0.2, 0.25) is 0 Å². The molecule has 0 unspecified atom stereocenters. The number of rotatable bonds is 1. The minimum absolute atomic E-state index is 0.00352. The summed E-state index contributed by atoms with van der Waals surface area (Å²) in [5.74, 6) is -2.74. The molecular weight excluding hydrogens is 192 g/mol. The Morgan fingerprint density at radius 1 is 1.29 bits per heavy atom. The smallest absolute Gasteiger partial charge is 0.352 e. The molecule has 0 fully saturated rings. The maximum atomic E-state index is 13.1. The maximum Gasteiger partial charge on any atom is 0.352 e. The molecule has 0 bridgehead atoms. The molecule has 2 N–H and O–H groups in total. The lowest BCUT2D eigenvalue weighted by atomic mass is 10.2. The second kappa shape index (κ2) is 2.80. The van der Waals surface area contributed by atoms with E-state index in [0.29, 0.717) is 6.07 Å². The lowest BCUT2D eigenvalue weighted by Crippen LogP contribution is -1.95. The molecule has 1 aromatic heterocycles. The van der Waals surface area contributed by atoms with Crippen molar-refractivity contribution in [3.8, 4) is 0 Å². The van der Waals surface area contributed by atoms with E-state index < -0.39 is 17.6 Å². The molecule has 2 rings (SSSR count). The van der Waals surface area contributed by atoms with E-state index in [2.05, 4.69) is 4.98 Å². The van der Waals surface area contributed by atoms with Crippen LogP contribution in [-0.2, 0) is 0 Å². The van der Waals surface area contributed by atoms with Gasteiger partial charge < -0.3 is 10.1 Å². The fourth-order valence-corrected chi connectivity index (χ4v) is 1.28. The summed E-state index contributed by atoms with van der Waals surface area (Å²) in [5, 5.41) is 8.81. The number of benzene rings is 1. The van der Waals surface area contributed by atoms with Crippen LogP contribution in [0.5, 0.6) is 0 Å². The third-order valence-corrected chi connectivity index (χ3v) is 1.88. The number of carboxylic acid groups (broad SMARTS) is 1. The molecule has 72 valence electrons. The largest absolute Gasteiger partial charge is 0.477 e. The van der Waals surface area contributed by atoms with Crippen molar-refractivity contribution >= 4 is 16.9 Å². The molecular formula is C9H5F2NO2. The van der Waals surface area contributed by atoms with E-state index in [1.165, 1.54) is 6.07 Å². The van der Waals surface area contributed by atoms with Crippen LogP contribution < -0.4 is 0 Å². The summed E-state index contributed by atoms with van der Waals surface area (Å²) in [4.78, 5) is 12.9. The van der Waals surface area contributed by atoms with Crippen molar-refractivity contribution < 1.29 is 18.7 Å². The van der Waals surface area contributed by atoms with Gasteiger partial charge in [-0.3, -0.25) is 0 Å². The summed E-state index contributed by atoms with van der Waals surface area (Å²) in [5.41, 5.74) is -0.159. The number of nitrogens with one attached hydrogen (secondary N) is 1. The quantitative estimate of drug-likeness (QED) is 0.735. The highest BCUT2D eigenvalue weighted by Crippen LogP contribution is 2.20. The van der Waals surface area contributed by atoms with E-state index in [0.717, 1.165) is 6.07 Å². The van der Waals surface area contributed by atoms with Crippen LogP contribution in [0.2, 0.25) is 0 Å². The first-order valence-electron chi connectivity index (χ1n) is 3.79. The minimum Gasteiger partial charge on any atom is -0.477 e. The fourth-order valence-electron chi connectivity index (χ4n) is 1.28. The van der Waals surface area contributed by atoms with Crippen molar-refractivity contribution in [2.45, 2.75) is 0 Å². The van der Waals surface area contributed by atoms with Crippen LogP contribution in [0.3, 0.4) is 0 Å². The van der Waals surface area contributed by atoms with Gasteiger partial charge in [0.25, 0.3) is 0 Å². The van der Waals surface area contributed by atoms with Gasteiger partial charge in [0.15, 0.2) is 0 Å². The molecule has 3 nitrogen and oxygen atoms in total. The summed E-state index contributed by atoms with van der Waals surface area (Å²) < 4.78 is 25.8. The van der Waals surface area contributed by atoms with Crippen LogP contribution in [0.15, 0.2) is 18.2 Å². The van der Waals surface area contributed by atoms with E-state index in [1.807, 2.05) is 0 Å². The Hall–Kier alpha value is -1.91. The molecule has 0 amide bonds. The topological polar surface area (TPSA) is 53.1 Å². The van der Waals surface area contributed by atoms with Crippen LogP contribution in [-0.4, -0.2) is 16.1 Å². The van der Waals surface area contributed by atoms with Gasteiger partial charge in [0.1, 0.15) is 17.3 Å². The van der Waals surface area contributed by atoms with Crippen LogP contribution in [0.1, 0.15) is 10.5 Å². The number of fused-ring (bicyclic) bond motifs is 1. The Morgan fingerprint density at radius 3 is 2.64 bits per heavy atom. The van der Waals surface area contributed by atoms with E-state index in [4.69, 9.17) is 5.11 Å². The lowest BCUT2D eigenvalue weighted by Gasteiger charge is -1.92. The molecule has 0 aliphatic carbocycles. The van der Waals surface area contributed by atoms with Crippen molar-refractivity contribution in [3.05, 3.63) is 35.5 Å². The first kappa shape index (κ1) is 8.68. The summed E-state index contributed by atoms with van der Waals surface area (Å²) in [6, 6.07) is 2.95. The second-order valence-electron chi connectivity index (χ2n) is 2.84. The van der Waals surface area contributed by atoms with E-state index in [9.17, 15) is 13.6 Å². The number of hydrogen-bond acceptors (Lipinski definition) is 1. The van der Waals surface area contributed by atoms with Crippen molar-refractivity contribution in [2.24, 2.45) is 0 Å². The zero-order chi connectivity index (χ0) is 10.3. The number of carbonyl (C=O) groups is 1. The van der Waals surface area contributed by atoms with E-state index in [1.54, 1.807) is 0 Å². The SMILES string of the molecule is O=C(O)c1cc2cc(F)cc(F)c2[nH]1. The minimum atomic E-state index is -1.21. The first-order valence-corrected chi connectivity index (χ1v) is 3.79. The van der Waals surface area contributed by atoms with E-state index in [-0.39, 0.29) is 16.6 Å². The van der Waals surface area contributed by atoms with Gasteiger partial charge >= 0.3 is 5.97 Å². The van der Waals surface area contributed by atoms with Gasteiger partial charge in [-0.1, -0.05) is 0 Å². The molecule has 14 heavy (non-hydrogen) atoms. The highest BCUT2D eigenvalue weighted by Gasteiger charge is 2.11. The average Bonchev–Trinajstić information content (AvgIpc) is 2.47. The predicted molar refractivity (Wildman–Crippen MR) is 45.2 cm³/mol. The number of hydrogen-bond donors (Lipinski definition) is 2. The average molecular weight is 197 g/mol. The third-order valence-electron chi connectivity index (χ3n) is 1.88. The van der Waals surface area contributed by atoms with Crippen molar-refractivity contribution in [1.29, 1.82) is 0 Å². The molecule has 0 aliphatic heterocycles. The summed E-state index contributed by atoms with van der Waals surface area (Å²) in [7, 11) is 0. The monoisotopic (exact) mass is 197 g/mol. The van der Waals surface area contributed by atoms with Gasteiger partial charge in [-0.15, -0.1) is 0 Å². The van der Waals surface area contributed by atoms with Crippen molar-refractivity contribution in [1.82, 2.24) is 4.98 Å². The molecule has 0 aliphatic rings. The first-order chi connectivity index (χ1) is 6.58. The molecule has 0 radical (unpaired) electrons. The van der Waals surface area contributed by atoms with Crippen molar-refractivity contribution in [2.75, 3.05) is 0 Å². The molecule has 1 heterocycles. The number of carboxylic acids is 1. The molecule has 2 aromatic rings. The number of aromatic amines is 1. The summed E-state index contributed by atoms with van der Waals surface area (Å²) in [6.07, 6.45) is 0. The lowest BCUT2D eigenvalue weighted by molar-refractivity contribution is 0.0691. The van der Waals surface area contributed by atoms with Gasteiger partial charge in [0, 0.05) is 11.5 Å². The molecule has 1 aromatic carbocycles. The standard InChI is InChI=1S/C9H5F2NO2/c10-5-1-4-2-7(9(13)14)12-8(4)6(11)3-5/h1-3,12H,(H,13,14). The number of halogens is 2. The van der Waals surface area contributed by atoms with Crippen LogP contribution in [0, 0.1) is 11.6 Å². The van der Waals surface area contributed by atoms with Crippen LogP contribution in [0.4, 0.5) is 8.78 Å². The maximum absolute atomic E-state index is 13.1. The zero-order valence-corrected chi connectivity index (χ0v) is 6.84. The molecule has 0 saturated heterocycles. The predicted octanol–water partition coefficient (Wildman–Crippen LogP) is 2.14.